The van der Waals surface area contributed by atoms with Crippen LogP contribution < -0.4 is 5.32 Å². The number of halogens is 1. The predicted molar refractivity (Wildman–Crippen MR) is 57.2 cm³/mol. The average molecular weight is 260 g/mol. The molecule has 1 fully saturated rings. The quantitative estimate of drug-likeness (QED) is 0.870. The van der Waals surface area contributed by atoms with Crippen molar-refractivity contribution in [3.63, 3.8) is 0 Å². The van der Waals surface area contributed by atoms with Gasteiger partial charge in [-0.25, -0.2) is 0 Å². The van der Waals surface area contributed by atoms with Gasteiger partial charge in [-0.3, -0.25) is 4.79 Å². The minimum atomic E-state index is 0.0625. The number of nitrogens with one attached hydrogen (secondary N) is 1. The molecule has 0 bridgehead atoms. The first-order valence-corrected chi connectivity index (χ1v) is 5.90. The molecule has 0 unspecified atom stereocenters. The third kappa shape index (κ3) is 1.94. The molecule has 2 nitrogen and oxygen atoms in total. The molecule has 4 heteroatoms. The summed E-state index contributed by atoms with van der Waals surface area (Å²) in [5, 5.41) is 4.96. The van der Waals surface area contributed by atoms with Gasteiger partial charge in [0.2, 0.25) is 0 Å². The molecule has 1 heterocycles. The standard InChI is InChI=1S/C9H10BrNOS/c1-5-4-13-8(7(5)10)9(12)11-6-2-3-6/h4,6H,2-3H2,1H3,(H,11,12). The van der Waals surface area contributed by atoms with Crippen LogP contribution in [-0.4, -0.2) is 11.9 Å². The molecule has 2 rings (SSSR count). The van der Waals surface area contributed by atoms with Crippen LogP contribution in [0, 0.1) is 6.92 Å². The van der Waals surface area contributed by atoms with Crippen LogP contribution in [0.15, 0.2) is 9.85 Å². The number of hydrogen-bond acceptors (Lipinski definition) is 2. The van der Waals surface area contributed by atoms with Crippen LogP contribution in [0.4, 0.5) is 0 Å². The second-order valence-electron chi connectivity index (χ2n) is 3.31. The van der Waals surface area contributed by atoms with E-state index in [1.54, 1.807) is 0 Å². The second kappa shape index (κ2) is 3.42. The zero-order valence-corrected chi connectivity index (χ0v) is 9.67. The van der Waals surface area contributed by atoms with Crippen molar-refractivity contribution in [3.8, 4) is 0 Å². The third-order valence-corrected chi connectivity index (χ3v) is 4.40. The fraction of sp³-hybridized carbons (Fsp3) is 0.444. The minimum absolute atomic E-state index is 0.0625. The van der Waals surface area contributed by atoms with Crippen molar-refractivity contribution in [3.05, 3.63) is 20.3 Å². The van der Waals surface area contributed by atoms with E-state index in [9.17, 15) is 4.79 Å². The summed E-state index contributed by atoms with van der Waals surface area (Å²) in [5.74, 6) is 0.0625. The third-order valence-electron chi connectivity index (χ3n) is 2.02. The normalized spacial score (nSPS) is 15.8. The molecular weight excluding hydrogens is 250 g/mol. The van der Waals surface area contributed by atoms with E-state index in [1.807, 2.05) is 12.3 Å². The van der Waals surface area contributed by atoms with E-state index in [2.05, 4.69) is 21.2 Å². The van der Waals surface area contributed by atoms with E-state index in [0.717, 1.165) is 27.8 Å². The maximum absolute atomic E-state index is 11.6. The summed E-state index contributed by atoms with van der Waals surface area (Å²) in [6.45, 7) is 1.99. The van der Waals surface area contributed by atoms with Gasteiger partial charge in [-0.2, -0.15) is 0 Å². The van der Waals surface area contributed by atoms with Crippen molar-refractivity contribution < 1.29 is 4.79 Å². The van der Waals surface area contributed by atoms with Crippen molar-refractivity contribution >= 4 is 33.2 Å². The van der Waals surface area contributed by atoms with E-state index in [1.165, 1.54) is 11.3 Å². The molecule has 0 saturated heterocycles. The molecular formula is C9H10BrNOS. The summed E-state index contributed by atoms with van der Waals surface area (Å²) >= 11 is 4.91. The fourth-order valence-electron chi connectivity index (χ4n) is 1.06. The molecule has 1 aliphatic rings. The monoisotopic (exact) mass is 259 g/mol. The molecule has 13 heavy (non-hydrogen) atoms. The number of aryl methyl sites for hydroxylation is 1. The largest absolute Gasteiger partial charge is 0.349 e. The molecule has 0 aliphatic heterocycles. The zero-order chi connectivity index (χ0) is 9.42. The van der Waals surface area contributed by atoms with E-state index < -0.39 is 0 Å². The van der Waals surface area contributed by atoms with Crippen LogP contribution in [0.1, 0.15) is 28.1 Å². The number of carbonyl (C=O) groups is 1. The molecule has 0 atom stereocenters. The first-order valence-electron chi connectivity index (χ1n) is 4.23. The second-order valence-corrected chi connectivity index (χ2v) is 4.98. The van der Waals surface area contributed by atoms with Gasteiger partial charge in [0.25, 0.3) is 5.91 Å². The van der Waals surface area contributed by atoms with Gasteiger partial charge in [-0.1, -0.05) is 0 Å². The van der Waals surface area contributed by atoms with Crippen LogP contribution >= 0.6 is 27.3 Å². The first kappa shape index (κ1) is 9.21. The Morgan fingerprint density at radius 1 is 1.69 bits per heavy atom. The lowest BCUT2D eigenvalue weighted by atomic mass is 10.3. The Balaban J connectivity index is 2.14. The number of rotatable bonds is 2. The lowest BCUT2D eigenvalue weighted by Gasteiger charge is -2.00. The van der Waals surface area contributed by atoms with Crippen molar-refractivity contribution in [2.75, 3.05) is 0 Å². The van der Waals surface area contributed by atoms with Gasteiger partial charge in [-0.05, 0) is 46.6 Å². The summed E-state index contributed by atoms with van der Waals surface area (Å²) in [7, 11) is 0. The Kier molecular flexibility index (Phi) is 2.43. The van der Waals surface area contributed by atoms with Crippen LogP contribution in [0.3, 0.4) is 0 Å². The van der Waals surface area contributed by atoms with Gasteiger partial charge in [0.05, 0.1) is 0 Å². The van der Waals surface area contributed by atoms with Gasteiger partial charge in [0, 0.05) is 10.5 Å². The number of carbonyl (C=O) groups excluding carboxylic acids is 1. The molecule has 0 aromatic carbocycles. The number of hydrogen-bond donors (Lipinski definition) is 1. The molecule has 1 aromatic rings. The van der Waals surface area contributed by atoms with Crippen LogP contribution in [0.25, 0.3) is 0 Å². The van der Waals surface area contributed by atoms with E-state index in [-0.39, 0.29) is 5.91 Å². The molecule has 1 aliphatic carbocycles. The van der Waals surface area contributed by atoms with Gasteiger partial charge >= 0.3 is 0 Å². The van der Waals surface area contributed by atoms with Crippen molar-refractivity contribution in [2.45, 2.75) is 25.8 Å². The summed E-state index contributed by atoms with van der Waals surface area (Å²) in [6.07, 6.45) is 2.27. The fourth-order valence-corrected chi connectivity index (χ4v) is 2.63. The van der Waals surface area contributed by atoms with Crippen LogP contribution in [0.2, 0.25) is 0 Å². The van der Waals surface area contributed by atoms with Gasteiger partial charge in [0.15, 0.2) is 0 Å². The van der Waals surface area contributed by atoms with E-state index in [0.29, 0.717) is 6.04 Å². The topological polar surface area (TPSA) is 29.1 Å². The Morgan fingerprint density at radius 3 is 2.85 bits per heavy atom. The summed E-state index contributed by atoms with van der Waals surface area (Å²) < 4.78 is 0.940. The maximum Gasteiger partial charge on any atom is 0.262 e. The van der Waals surface area contributed by atoms with Crippen LogP contribution in [-0.2, 0) is 0 Å². The molecule has 0 radical (unpaired) electrons. The lowest BCUT2D eigenvalue weighted by Crippen LogP contribution is -2.24. The Morgan fingerprint density at radius 2 is 2.38 bits per heavy atom. The molecule has 1 amide bonds. The Bertz CT molecular complexity index is 343. The Labute approximate surface area is 89.5 Å². The average Bonchev–Trinajstić information content (AvgIpc) is 2.82. The first-order chi connectivity index (χ1) is 6.18. The molecule has 1 N–H and O–H groups in total. The van der Waals surface area contributed by atoms with E-state index in [4.69, 9.17) is 0 Å². The molecule has 0 spiro atoms. The van der Waals surface area contributed by atoms with E-state index >= 15 is 0 Å². The number of thiophene rings is 1. The van der Waals surface area contributed by atoms with Crippen molar-refractivity contribution in [1.29, 1.82) is 0 Å². The van der Waals surface area contributed by atoms with Crippen molar-refractivity contribution in [2.24, 2.45) is 0 Å². The molecule has 1 saturated carbocycles. The Hall–Kier alpha value is -0.350. The van der Waals surface area contributed by atoms with Gasteiger partial charge in [-0.15, -0.1) is 11.3 Å². The van der Waals surface area contributed by atoms with Gasteiger partial charge < -0.3 is 5.32 Å². The highest BCUT2D eigenvalue weighted by Gasteiger charge is 2.25. The summed E-state index contributed by atoms with van der Waals surface area (Å²) in [4.78, 5) is 12.4. The predicted octanol–water partition coefficient (Wildman–Crippen LogP) is 2.71. The van der Waals surface area contributed by atoms with Crippen LogP contribution in [0.5, 0.6) is 0 Å². The maximum atomic E-state index is 11.6. The smallest absolute Gasteiger partial charge is 0.262 e. The molecule has 70 valence electrons. The minimum Gasteiger partial charge on any atom is -0.349 e. The van der Waals surface area contributed by atoms with Gasteiger partial charge in [0.1, 0.15) is 4.88 Å². The van der Waals surface area contributed by atoms with Crippen molar-refractivity contribution in [1.82, 2.24) is 5.32 Å². The number of amides is 1. The SMILES string of the molecule is Cc1csc(C(=O)NC2CC2)c1Br. The summed E-state index contributed by atoms with van der Waals surface area (Å²) in [5.41, 5.74) is 1.13. The lowest BCUT2D eigenvalue weighted by molar-refractivity contribution is 0.0954. The highest BCUT2D eigenvalue weighted by Crippen LogP contribution is 2.28. The molecule has 1 aromatic heterocycles. The highest BCUT2D eigenvalue weighted by molar-refractivity contribution is 9.10. The summed E-state index contributed by atoms with van der Waals surface area (Å²) in [6, 6.07) is 0.432. The highest BCUT2D eigenvalue weighted by atomic mass is 79.9. The zero-order valence-electron chi connectivity index (χ0n) is 7.26.